The molecule has 5 aliphatic rings. The molecule has 23 heavy (non-hydrogen) atoms. The van der Waals surface area contributed by atoms with E-state index in [0.717, 1.165) is 28.7 Å². The Balaban J connectivity index is 1.95. The molecule has 1 aromatic carbocycles. The molecule has 0 amide bonds. The molecule has 1 aromatic rings. The van der Waals surface area contributed by atoms with Crippen LogP contribution in [0.2, 0.25) is 0 Å². The molecule has 0 aromatic heterocycles. The molecule has 1 saturated carbocycles. The predicted molar refractivity (Wildman–Crippen MR) is 83.7 cm³/mol. The van der Waals surface area contributed by atoms with E-state index in [1.165, 1.54) is 0 Å². The molecule has 6 rings (SSSR count). The maximum Gasteiger partial charge on any atom is 0.319 e. The Hall–Kier alpha value is -1.94. The predicted octanol–water partition coefficient (Wildman–Crippen LogP) is 1.69. The van der Waals surface area contributed by atoms with Crippen molar-refractivity contribution in [2.45, 2.75) is 38.4 Å². The second kappa shape index (κ2) is 3.75. The molecule has 118 valence electrons. The molecule has 5 atom stereocenters. The number of fused-ring (bicyclic) bond motifs is 2. The minimum Gasteiger partial charge on any atom is -0.461 e. The fourth-order valence-corrected chi connectivity index (χ4v) is 5.63. The highest BCUT2D eigenvalue weighted by Crippen LogP contribution is 2.67. The molecular formula is C19H18O4. The number of rotatable bonds is 0. The topological polar surface area (TPSA) is 63.6 Å². The first kappa shape index (κ1) is 13.5. The molecule has 1 spiro atoms. The van der Waals surface area contributed by atoms with Crippen LogP contribution >= 0.6 is 0 Å². The van der Waals surface area contributed by atoms with Crippen LogP contribution in [-0.2, 0) is 21.6 Å². The van der Waals surface area contributed by atoms with Gasteiger partial charge in [0.1, 0.15) is 17.1 Å². The van der Waals surface area contributed by atoms with Crippen LogP contribution in [0.4, 0.5) is 0 Å². The highest BCUT2D eigenvalue weighted by Gasteiger charge is 2.74. The number of aryl methyl sites for hydroxylation is 1. The van der Waals surface area contributed by atoms with E-state index >= 15 is 0 Å². The first-order chi connectivity index (χ1) is 10.9. The van der Waals surface area contributed by atoms with Crippen molar-refractivity contribution in [2.75, 3.05) is 0 Å². The molecule has 2 aliphatic heterocycles. The smallest absolute Gasteiger partial charge is 0.319 e. The monoisotopic (exact) mass is 310 g/mol. The second-order valence-electron chi connectivity index (χ2n) is 7.54. The number of carbonyl (C=O) groups is 1. The molecule has 4 nitrogen and oxygen atoms in total. The largest absolute Gasteiger partial charge is 0.461 e. The van der Waals surface area contributed by atoms with E-state index < -0.39 is 11.0 Å². The van der Waals surface area contributed by atoms with Gasteiger partial charge in [-0.2, -0.15) is 0 Å². The summed E-state index contributed by atoms with van der Waals surface area (Å²) >= 11 is 0. The second-order valence-corrected chi connectivity index (χ2v) is 7.54. The Kier molecular flexibility index (Phi) is 2.20. The minimum atomic E-state index is -1.25. The standard InChI is InChI=1S/C19H18O4/c1-9-5-12(20)7-11-3-4-18-10(2)6-15(23-17(18)21)14-8-13(9)16(11)19(14,18)22/h3-5,7,10,14-15,22H,6,8H2,1-2H3/t10-,14-,15+,18?,19-/m1/s1. The highest BCUT2D eigenvalue weighted by molar-refractivity contribution is 5.88. The van der Waals surface area contributed by atoms with Crippen molar-refractivity contribution in [3.05, 3.63) is 50.7 Å². The van der Waals surface area contributed by atoms with Crippen molar-refractivity contribution in [2.24, 2.45) is 17.3 Å². The maximum atomic E-state index is 12.7. The summed E-state index contributed by atoms with van der Waals surface area (Å²) in [6.45, 7) is 3.93. The number of ether oxygens (including phenoxy) is 1. The lowest BCUT2D eigenvalue weighted by Gasteiger charge is -2.60. The third-order valence-electron chi connectivity index (χ3n) is 6.63. The molecule has 2 saturated heterocycles. The lowest BCUT2D eigenvalue weighted by atomic mass is 9.49. The molecule has 3 fully saturated rings. The minimum absolute atomic E-state index is 0.0166. The van der Waals surface area contributed by atoms with Gasteiger partial charge < -0.3 is 9.84 Å². The van der Waals surface area contributed by atoms with Crippen molar-refractivity contribution in [3.8, 4) is 0 Å². The first-order valence-corrected chi connectivity index (χ1v) is 8.20. The average molecular weight is 310 g/mol. The lowest BCUT2D eigenvalue weighted by molar-refractivity contribution is -0.256. The summed E-state index contributed by atoms with van der Waals surface area (Å²) in [6.07, 6.45) is 4.83. The molecule has 2 heterocycles. The van der Waals surface area contributed by atoms with E-state index in [-0.39, 0.29) is 29.3 Å². The summed E-state index contributed by atoms with van der Waals surface area (Å²) in [6, 6.07) is 3.21. The molecule has 1 N–H and O–H groups in total. The highest BCUT2D eigenvalue weighted by atomic mass is 16.6. The van der Waals surface area contributed by atoms with E-state index in [4.69, 9.17) is 4.74 Å². The van der Waals surface area contributed by atoms with Gasteiger partial charge >= 0.3 is 5.97 Å². The first-order valence-electron chi connectivity index (χ1n) is 8.20. The van der Waals surface area contributed by atoms with Gasteiger partial charge in [0.25, 0.3) is 0 Å². The number of esters is 1. The molecular weight excluding hydrogens is 292 g/mol. The van der Waals surface area contributed by atoms with Gasteiger partial charge in [0.05, 0.1) is 0 Å². The van der Waals surface area contributed by atoms with Gasteiger partial charge in [-0.25, -0.2) is 0 Å². The van der Waals surface area contributed by atoms with Gasteiger partial charge in [-0.3, -0.25) is 9.59 Å². The van der Waals surface area contributed by atoms with Gasteiger partial charge in [0.15, 0.2) is 5.43 Å². The molecule has 4 heteroatoms. The zero-order valence-electron chi connectivity index (χ0n) is 13.1. The summed E-state index contributed by atoms with van der Waals surface area (Å²) in [7, 11) is 0. The van der Waals surface area contributed by atoms with E-state index in [1.54, 1.807) is 18.2 Å². The quantitative estimate of drug-likeness (QED) is 0.741. The van der Waals surface area contributed by atoms with Crippen LogP contribution in [0.25, 0.3) is 6.08 Å². The Morgan fingerprint density at radius 2 is 2.09 bits per heavy atom. The van der Waals surface area contributed by atoms with E-state index in [2.05, 4.69) is 0 Å². The zero-order valence-corrected chi connectivity index (χ0v) is 13.1. The van der Waals surface area contributed by atoms with Crippen LogP contribution in [0.15, 0.2) is 23.0 Å². The maximum absolute atomic E-state index is 12.7. The van der Waals surface area contributed by atoms with Crippen molar-refractivity contribution < 1.29 is 14.6 Å². The Morgan fingerprint density at radius 3 is 2.83 bits per heavy atom. The molecule has 0 radical (unpaired) electrons. The van der Waals surface area contributed by atoms with Gasteiger partial charge in [-0.15, -0.1) is 0 Å². The van der Waals surface area contributed by atoms with Gasteiger partial charge in [0, 0.05) is 5.92 Å². The van der Waals surface area contributed by atoms with Crippen LogP contribution < -0.4 is 5.43 Å². The fourth-order valence-electron chi connectivity index (χ4n) is 5.63. The third kappa shape index (κ3) is 1.23. The number of hydrogen-bond acceptors (Lipinski definition) is 4. The summed E-state index contributed by atoms with van der Waals surface area (Å²) in [5.41, 5.74) is 1.11. The molecule has 3 aliphatic carbocycles. The van der Waals surface area contributed by atoms with Crippen molar-refractivity contribution in [1.82, 2.24) is 0 Å². The summed E-state index contributed by atoms with van der Waals surface area (Å²) in [5, 5.41) is 11.9. The van der Waals surface area contributed by atoms with Crippen LogP contribution in [0.3, 0.4) is 0 Å². The van der Waals surface area contributed by atoms with Crippen LogP contribution in [-0.4, -0.2) is 17.2 Å². The van der Waals surface area contributed by atoms with Crippen LogP contribution in [0.5, 0.6) is 0 Å². The average Bonchev–Trinajstić information content (AvgIpc) is 2.73. The van der Waals surface area contributed by atoms with Crippen LogP contribution in [0, 0.1) is 24.2 Å². The SMILES string of the molecule is Cc1cc(=O)cc2c3c1C[C@@H]1[C@@H]4C[C@@H](C)C(C=C2)(C(=O)O4)[C@]31O. The Labute approximate surface area is 133 Å². The van der Waals surface area contributed by atoms with Crippen molar-refractivity contribution in [1.29, 1.82) is 0 Å². The zero-order chi connectivity index (χ0) is 16.1. The van der Waals surface area contributed by atoms with E-state index in [1.807, 2.05) is 19.9 Å². The Morgan fingerprint density at radius 1 is 1.30 bits per heavy atom. The molecule has 1 unspecified atom stereocenters. The Bertz CT molecular complexity index is 870. The van der Waals surface area contributed by atoms with Gasteiger partial charge in [-0.1, -0.05) is 19.1 Å². The van der Waals surface area contributed by atoms with Gasteiger partial charge in [-0.05, 0) is 60.1 Å². The fraction of sp³-hybridized carbons (Fsp3) is 0.474. The normalized spacial score (nSPS) is 41.7. The van der Waals surface area contributed by atoms with E-state index in [9.17, 15) is 14.7 Å². The number of hydrogen-bond donors (Lipinski definition) is 1. The number of aliphatic hydroxyl groups is 1. The van der Waals surface area contributed by atoms with Crippen molar-refractivity contribution in [3.63, 3.8) is 0 Å². The number of carbonyl (C=O) groups excluding carboxylic acids is 1. The van der Waals surface area contributed by atoms with Gasteiger partial charge in [0.2, 0.25) is 0 Å². The third-order valence-corrected chi connectivity index (χ3v) is 6.63. The lowest BCUT2D eigenvalue weighted by Crippen LogP contribution is -2.69. The van der Waals surface area contributed by atoms with Crippen molar-refractivity contribution >= 4 is 12.0 Å². The summed E-state index contributed by atoms with van der Waals surface area (Å²) in [5.74, 6) is -0.421. The summed E-state index contributed by atoms with van der Waals surface area (Å²) in [4.78, 5) is 24.8. The van der Waals surface area contributed by atoms with E-state index in [0.29, 0.717) is 6.42 Å². The summed E-state index contributed by atoms with van der Waals surface area (Å²) < 4.78 is 5.66. The van der Waals surface area contributed by atoms with Crippen LogP contribution in [0.1, 0.15) is 35.6 Å². The molecule has 2 bridgehead atoms.